The maximum absolute atomic E-state index is 12.1. The fraction of sp³-hybridized carbons (Fsp3) is 0.105. The highest BCUT2D eigenvalue weighted by Crippen LogP contribution is 2.29. The van der Waals surface area contributed by atoms with Crippen LogP contribution < -0.4 is 5.32 Å². The number of nitrogens with zero attached hydrogens (tertiary/aromatic N) is 1. The Hall–Kier alpha value is -2.86. The number of rotatable bonds is 3. The number of aliphatic imine (C=N–C) groups is 1. The van der Waals surface area contributed by atoms with Gasteiger partial charge in [-0.05, 0) is 61.0 Å². The molecule has 1 aliphatic rings. The standard InChI is InChI=1S/C19H16N2O3S/c1-11-3-8-15(12(2)9-11)20-19-21-17(22)16(25-19)10-13-4-6-14(7-5-13)18(23)24/h3-10H,1-2H3,(H,23,24)(H,20,21,22)/b16-10+. The third kappa shape index (κ3) is 3.97. The molecule has 0 aromatic heterocycles. The van der Waals surface area contributed by atoms with Gasteiger partial charge in [0.2, 0.25) is 0 Å². The van der Waals surface area contributed by atoms with Crippen molar-refractivity contribution in [2.45, 2.75) is 13.8 Å². The Labute approximate surface area is 149 Å². The fourth-order valence-electron chi connectivity index (χ4n) is 2.39. The number of aromatic carboxylic acids is 1. The van der Waals surface area contributed by atoms with Crippen LogP contribution in [0.5, 0.6) is 0 Å². The number of carboxylic acids is 1. The van der Waals surface area contributed by atoms with Crippen LogP contribution in [0.2, 0.25) is 0 Å². The Bertz CT molecular complexity index is 915. The van der Waals surface area contributed by atoms with E-state index in [1.54, 1.807) is 18.2 Å². The van der Waals surface area contributed by atoms with Crippen LogP contribution in [0.15, 0.2) is 52.4 Å². The van der Waals surface area contributed by atoms with Gasteiger partial charge in [0, 0.05) is 0 Å². The van der Waals surface area contributed by atoms with Gasteiger partial charge in [0.05, 0.1) is 16.2 Å². The SMILES string of the molecule is Cc1ccc(N=C2NC(=O)/C(=C\c3ccc(C(=O)O)cc3)S2)c(C)c1. The van der Waals surface area contributed by atoms with Crippen LogP contribution in [0.3, 0.4) is 0 Å². The number of aryl methyl sites for hydroxylation is 2. The largest absolute Gasteiger partial charge is 0.478 e. The van der Waals surface area contributed by atoms with Crippen molar-refractivity contribution in [1.29, 1.82) is 0 Å². The number of carboxylic acid groups (broad SMARTS) is 1. The molecule has 3 rings (SSSR count). The fourth-order valence-corrected chi connectivity index (χ4v) is 3.23. The van der Waals surface area contributed by atoms with Crippen molar-refractivity contribution >= 4 is 40.6 Å². The first kappa shape index (κ1) is 17.0. The lowest BCUT2D eigenvalue weighted by Gasteiger charge is -2.02. The maximum Gasteiger partial charge on any atom is 0.335 e. The molecule has 25 heavy (non-hydrogen) atoms. The summed E-state index contributed by atoms with van der Waals surface area (Å²) in [4.78, 5) is 28.0. The smallest absolute Gasteiger partial charge is 0.335 e. The van der Waals surface area contributed by atoms with E-state index in [1.165, 1.54) is 23.9 Å². The van der Waals surface area contributed by atoms with Crippen molar-refractivity contribution in [1.82, 2.24) is 5.32 Å². The average Bonchev–Trinajstić information content (AvgIpc) is 2.90. The number of nitrogens with one attached hydrogen (secondary N) is 1. The molecule has 0 aliphatic carbocycles. The third-order valence-corrected chi connectivity index (χ3v) is 4.59. The molecule has 0 atom stereocenters. The zero-order valence-electron chi connectivity index (χ0n) is 13.7. The number of thioether (sulfide) groups is 1. The molecule has 2 aromatic carbocycles. The summed E-state index contributed by atoms with van der Waals surface area (Å²) in [6.45, 7) is 4.00. The van der Waals surface area contributed by atoms with E-state index in [-0.39, 0.29) is 11.5 Å². The molecule has 0 unspecified atom stereocenters. The number of carbonyl (C=O) groups excluding carboxylic acids is 1. The molecule has 2 N–H and O–H groups in total. The molecule has 1 saturated heterocycles. The molecule has 1 aliphatic heterocycles. The van der Waals surface area contributed by atoms with Gasteiger partial charge in [0.25, 0.3) is 5.91 Å². The molecule has 2 aromatic rings. The van der Waals surface area contributed by atoms with E-state index >= 15 is 0 Å². The molecule has 5 nitrogen and oxygen atoms in total. The second-order valence-corrected chi connectivity index (χ2v) is 6.73. The van der Waals surface area contributed by atoms with Crippen LogP contribution in [-0.4, -0.2) is 22.2 Å². The maximum atomic E-state index is 12.1. The molecule has 0 radical (unpaired) electrons. The number of amides is 1. The van der Waals surface area contributed by atoms with Crippen molar-refractivity contribution in [2.75, 3.05) is 0 Å². The van der Waals surface area contributed by atoms with Gasteiger partial charge in [-0.15, -0.1) is 0 Å². The summed E-state index contributed by atoms with van der Waals surface area (Å²) >= 11 is 1.27. The van der Waals surface area contributed by atoms with Gasteiger partial charge in [-0.1, -0.05) is 29.8 Å². The van der Waals surface area contributed by atoms with Crippen molar-refractivity contribution in [3.63, 3.8) is 0 Å². The topological polar surface area (TPSA) is 78.8 Å². The zero-order valence-corrected chi connectivity index (χ0v) is 14.6. The number of hydrogen-bond acceptors (Lipinski definition) is 4. The van der Waals surface area contributed by atoms with Crippen molar-refractivity contribution in [3.8, 4) is 0 Å². The molecule has 0 spiro atoms. The Kier molecular flexibility index (Phi) is 4.72. The Balaban J connectivity index is 1.82. The van der Waals surface area contributed by atoms with Gasteiger partial charge in [0.15, 0.2) is 5.17 Å². The Morgan fingerprint density at radius 2 is 1.88 bits per heavy atom. The van der Waals surface area contributed by atoms with Crippen LogP contribution in [0, 0.1) is 13.8 Å². The first-order valence-corrected chi connectivity index (χ1v) is 8.44. The first-order chi connectivity index (χ1) is 11.9. The Morgan fingerprint density at radius 1 is 1.16 bits per heavy atom. The molecule has 126 valence electrons. The first-order valence-electron chi connectivity index (χ1n) is 7.62. The van der Waals surface area contributed by atoms with Crippen LogP contribution in [0.4, 0.5) is 5.69 Å². The summed E-state index contributed by atoms with van der Waals surface area (Å²) < 4.78 is 0. The van der Waals surface area contributed by atoms with Gasteiger partial charge in [-0.2, -0.15) is 0 Å². The minimum atomic E-state index is -0.977. The summed E-state index contributed by atoms with van der Waals surface area (Å²) in [7, 11) is 0. The van der Waals surface area contributed by atoms with Gasteiger partial charge < -0.3 is 10.4 Å². The molecule has 1 amide bonds. The lowest BCUT2D eigenvalue weighted by atomic mass is 10.1. The highest BCUT2D eigenvalue weighted by Gasteiger charge is 2.24. The van der Waals surface area contributed by atoms with E-state index in [1.807, 2.05) is 32.0 Å². The summed E-state index contributed by atoms with van der Waals surface area (Å²) in [5.74, 6) is -1.19. The third-order valence-electron chi connectivity index (χ3n) is 3.68. The summed E-state index contributed by atoms with van der Waals surface area (Å²) in [5.41, 5.74) is 4.00. The molecule has 1 fully saturated rings. The van der Waals surface area contributed by atoms with Gasteiger partial charge in [-0.3, -0.25) is 4.79 Å². The van der Waals surface area contributed by atoms with E-state index in [0.29, 0.717) is 10.1 Å². The molecule has 1 heterocycles. The highest BCUT2D eigenvalue weighted by atomic mass is 32.2. The van der Waals surface area contributed by atoms with Gasteiger partial charge in [-0.25, -0.2) is 9.79 Å². The molecule has 0 bridgehead atoms. The molecular weight excluding hydrogens is 336 g/mol. The number of carbonyl (C=O) groups is 2. The van der Waals surface area contributed by atoms with E-state index in [0.717, 1.165) is 22.4 Å². The number of amidine groups is 1. The van der Waals surface area contributed by atoms with Crippen LogP contribution in [0.1, 0.15) is 27.0 Å². The van der Waals surface area contributed by atoms with Crippen molar-refractivity contribution in [2.24, 2.45) is 4.99 Å². The van der Waals surface area contributed by atoms with Crippen molar-refractivity contribution in [3.05, 3.63) is 69.6 Å². The van der Waals surface area contributed by atoms with Crippen molar-refractivity contribution < 1.29 is 14.7 Å². The predicted octanol–water partition coefficient (Wildman–Crippen LogP) is 3.89. The summed E-state index contributed by atoms with van der Waals surface area (Å²) in [5, 5.41) is 12.2. The lowest BCUT2D eigenvalue weighted by Crippen LogP contribution is -2.19. The van der Waals surface area contributed by atoms with Crippen LogP contribution in [0.25, 0.3) is 6.08 Å². The predicted molar refractivity (Wildman–Crippen MR) is 100 cm³/mol. The minimum Gasteiger partial charge on any atom is -0.478 e. The van der Waals surface area contributed by atoms with Gasteiger partial charge >= 0.3 is 5.97 Å². The van der Waals surface area contributed by atoms with E-state index in [2.05, 4.69) is 10.3 Å². The normalized spacial score (nSPS) is 17.1. The zero-order chi connectivity index (χ0) is 18.0. The Morgan fingerprint density at radius 3 is 2.52 bits per heavy atom. The lowest BCUT2D eigenvalue weighted by molar-refractivity contribution is -0.115. The molecule has 0 saturated carbocycles. The van der Waals surface area contributed by atoms with Crippen LogP contribution >= 0.6 is 11.8 Å². The number of benzene rings is 2. The highest BCUT2D eigenvalue weighted by molar-refractivity contribution is 8.18. The minimum absolute atomic E-state index is 0.211. The van der Waals surface area contributed by atoms with E-state index in [4.69, 9.17) is 5.11 Å². The average molecular weight is 352 g/mol. The monoisotopic (exact) mass is 352 g/mol. The van der Waals surface area contributed by atoms with Crippen LogP contribution in [-0.2, 0) is 4.79 Å². The molecule has 6 heteroatoms. The molecular formula is C19H16N2O3S. The van der Waals surface area contributed by atoms with Gasteiger partial charge in [0.1, 0.15) is 0 Å². The van der Waals surface area contributed by atoms with E-state index in [9.17, 15) is 9.59 Å². The summed E-state index contributed by atoms with van der Waals surface area (Å²) in [6.07, 6.45) is 1.72. The second-order valence-electron chi connectivity index (χ2n) is 5.70. The second kappa shape index (κ2) is 6.94. The summed E-state index contributed by atoms with van der Waals surface area (Å²) in [6, 6.07) is 12.3. The quantitative estimate of drug-likeness (QED) is 0.821. The number of hydrogen-bond donors (Lipinski definition) is 2. The van der Waals surface area contributed by atoms with E-state index < -0.39 is 5.97 Å².